The van der Waals surface area contributed by atoms with Gasteiger partial charge in [-0.1, -0.05) is 23.9 Å². The third-order valence-corrected chi connectivity index (χ3v) is 4.73. The molecule has 1 atom stereocenters. The predicted molar refractivity (Wildman–Crippen MR) is 95.2 cm³/mol. The van der Waals surface area contributed by atoms with E-state index in [1.54, 1.807) is 11.0 Å². The molecule has 0 spiro atoms. The second-order valence-corrected chi connectivity index (χ2v) is 8.08. The van der Waals surface area contributed by atoms with E-state index < -0.39 is 5.60 Å². The van der Waals surface area contributed by atoms with Crippen molar-refractivity contribution in [2.45, 2.75) is 56.2 Å². The van der Waals surface area contributed by atoms with Crippen LogP contribution in [-0.4, -0.2) is 33.3 Å². The maximum absolute atomic E-state index is 13.2. The predicted octanol–water partition coefficient (Wildman–Crippen LogP) is 4.57. The molecule has 1 saturated heterocycles. The lowest BCUT2D eigenvalue weighted by Crippen LogP contribution is -2.36. The van der Waals surface area contributed by atoms with E-state index in [9.17, 15) is 9.18 Å². The lowest BCUT2D eigenvalue weighted by atomic mass is 10.2. The normalized spacial score (nSPS) is 17.5. The number of likely N-dealkylation sites (tertiary alicyclic amines) is 1. The number of ether oxygens (including phenoxy) is 1. The first-order valence-electron chi connectivity index (χ1n) is 8.52. The maximum Gasteiger partial charge on any atom is 0.410 e. The van der Waals surface area contributed by atoms with Gasteiger partial charge in [-0.25, -0.2) is 9.18 Å². The summed E-state index contributed by atoms with van der Waals surface area (Å²) in [5, 5.41) is 8.54. The van der Waals surface area contributed by atoms with Gasteiger partial charge in [-0.3, -0.25) is 4.90 Å². The van der Waals surface area contributed by atoms with Crippen molar-refractivity contribution >= 4 is 17.9 Å². The van der Waals surface area contributed by atoms with Gasteiger partial charge in [0.25, 0.3) is 5.22 Å². The first-order valence-corrected chi connectivity index (χ1v) is 9.51. The van der Waals surface area contributed by atoms with Crippen LogP contribution in [0.25, 0.3) is 0 Å². The van der Waals surface area contributed by atoms with E-state index in [0.29, 0.717) is 23.4 Å². The number of aromatic nitrogens is 2. The van der Waals surface area contributed by atoms with Crippen LogP contribution >= 0.6 is 11.8 Å². The van der Waals surface area contributed by atoms with E-state index in [1.165, 1.54) is 23.9 Å². The van der Waals surface area contributed by atoms with Gasteiger partial charge in [-0.2, -0.15) is 0 Å². The van der Waals surface area contributed by atoms with Crippen LogP contribution in [0.4, 0.5) is 9.18 Å². The number of amides is 1. The summed E-state index contributed by atoms with van der Waals surface area (Å²) < 4.78 is 24.4. The van der Waals surface area contributed by atoms with Gasteiger partial charge in [-0.05, 0) is 51.3 Å². The van der Waals surface area contributed by atoms with E-state index in [4.69, 9.17) is 9.15 Å². The van der Waals surface area contributed by atoms with Crippen molar-refractivity contribution in [1.29, 1.82) is 0 Å². The summed E-state index contributed by atoms with van der Waals surface area (Å²) in [5.74, 6) is 0.670. The summed E-state index contributed by atoms with van der Waals surface area (Å²) >= 11 is 1.34. The number of thioether (sulfide) groups is 1. The van der Waals surface area contributed by atoms with E-state index in [2.05, 4.69) is 10.2 Å². The Morgan fingerprint density at radius 3 is 2.96 bits per heavy atom. The molecule has 8 heteroatoms. The van der Waals surface area contributed by atoms with Crippen molar-refractivity contribution in [3.05, 3.63) is 41.5 Å². The largest absolute Gasteiger partial charge is 0.444 e. The highest BCUT2D eigenvalue weighted by atomic mass is 32.2. The molecular weight excluding hydrogens is 357 g/mol. The van der Waals surface area contributed by atoms with Crippen LogP contribution in [0, 0.1) is 5.82 Å². The zero-order chi connectivity index (χ0) is 18.7. The van der Waals surface area contributed by atoms with Gasteiger partial charge in [-0.15, -0.1) is 10.2 Å². The second-order valence-electron chi connectivity index (χ2n) is 7.16. The number of carbonyl (C=O) groups excluding carboxylic acids is 1. The molecule has 140 valence electrons. The Morgan fingerprint density at radius 2 is 2.23 bits per heavy atom. The van der Waals surface area contributed by atoms with Gasteiger partial charge in [0, 0.05) is 12.3 Å². The van der Waals surface area contributed by atoms with Crippen molar-refractivity contribution in [1.82, 2.24) is 15.1 Å². The first-order chi connectivity index (χ1) is 12.3. The Balaban J connectivity index is 1.63. The molecule has 2 heterocycles. The Labute approximate surface area is 156 Å². The smallest absolute Gasteiger partial charge is 0.410 e. The fraction of sp³-hybridized carbons (Fsp3) is 0.500. The standard InChI is InChI=1S/C18H22FN3O3S/c1-18(2,3)25-17(23)22-9-5-8-14(22)15-20-21-16(24-15)26-11-12-6-4-7-13(19)10-12/h4,6-7,10,14H,5,8-9,11H2,1-3H3/t14-/m1/s1. The van der Waals surface area contributed by atoms with Gasteiger partial charge >= 0.3 is 6.09 Å². The minimum atomic E-state index is -0.551. The van der Waals surface area contributed by atoms with E-state index >= 15 is 0 Å². The fourth-order valence-electron chi connectivity index (χ4n) is 2.75. The SMILES string of the molecule is CC(C)(C)OC(=O)N1CCC[C@@H]1c1nnc(SCc2cccc(F)c2)o1. The first kappa shape index (κ1) is 18.7. The molecule has 26 heavy (non-hydrogen) atoms. The Bertz CT molecular complexity index is 775. The number of rotatable bonds is 4. The van der Waals surface area contributed by atoms with Gasteiger partial charge in [0.2, 0.25) is 5.89 Å². The van der Waals surface area contributed by atoms with Crippen molar-refractivity contribution in [2.24, 2.45) is 0 Å². The zero-order valence-electron chi connectivity index (χ0n) is 15.1. The molecule has 1 aromatic carbocycles. The Hall–Kier alpha value is -2.09. The number of benzene rings is 1. The summed E-state index contributed by atoms with van der Waals surface area (Å²) in [6.45, 7) is 6.12. The van der Waals surface area contributed by atoms with Crippen molar-refractivity contribution in [3.63, 3.8) is 0 Å². The van der Waals surface area contributed by atoms with Crippen LogP contribution < -0.4 is 0 Å². The molecule has 0 aliphatic carbocycles. The van der Waals surface area contributed by atoms with Gasteiger partial charge < -0.3 is 9.15 Å². The molecule has 1 aliphatic heterocycles. The highest BCUT2D eigenvalue weighted by Crippen LogP contribution is 2.34. The molecule has 0 unspecified atom stereocenters. The fourth-order valence-corrected chi connectivity index (χ4v) is 3.46. The van der Waals surface area contributed by atoms with E-state index in [1.807, 2.05) is 26.8 Å². The van der Waals surface area contributed by atoms with E-state index in [0.717, 1.165) is 18.4 Å². The van der Waals surface area contributed by atoms with Gasteiger partial charge in [0.1, 0.15) is 17.5 Å². The molecule has 0 saturated carbocycles. The Morgan fingerprint density at radius 1 is 1.42 bits per heavy atom. The quantitative estimate of drug-likeness (QED) is 0.725. The minimum absolute atomic E-state index is 0.263. The van der Waals surface area contributed by atoms with Crippen molar-refractivity contribution < 1.29 is 18.3 Å². The lowest BCUT2D eigenvalue weighted by molar-refractivity contribution is 0.0201. The summed E-state index contributed by atoms with van der Waals surface area (Å²) in [6, 6.07) is 6.13. The molecule has 0 bridgehead atoms. The van der Waals surface area contributed by atoms with Crippen LogP contribution in [0.1, 0.15) is 51.1 Å². The monoisotopic (exact) mass is 379 g/mol. The Kier molecular flexibility index (Phi) is 5.50. The average molecular weight is 379 g/mol. The number of hydrogen-bond acceptors (Lipinski definition) is 6. The highest BCUT2D eigenvalue weighted by Gasteiger charge is 2.36. The summed E-state index contributed by atoms with van der Waals surface area (Å²) in [5.41, 5.74) is 0.288. The third-order valence-electron chi connectivity index (χ3n) is 3.84. The highest BCUT2D eigenvalue weighted by molar-refractivity contribution is 7.98. The van der Waals surface area contributed by atoms with Crippen LogP contribution in [0.3, 0.4) is 0 Å². The molecule has 2 aromatic rings. The molecule has 1 aliphatic rings. The molecule has 6 nitrogen and oxygen atoms in total. The van der Waals surface area contributed by atoms with Crippen LogP contribution in [-0.2, 0) is 10.5 Å². The number of carbonyl (C=O) groups is 1. The van der Waals surface area contributed by atoms with Crippen LogP contribution in [0.2, 0.25) is 0 Å². The number of hydrogen-bond donors (Lipinski definition) is 0. The summed E-state index contributed by atoms with van der Waals surface area (Å²) in [7, 11) is 0. The molecule has 0 N–H and O–H groups in total. The average Bonchev–Trinajstić information content (AvgIpc) is 3.20. The third kappa shape index (κ3) is 4.75. The second kappa shape index (κ2) is 7.65. The van der Waals surface area contributed by atoms with Gasteiger partial charge in [0.15, 0.2) is 0 Å². The molecule has 1 amide bonds. The van der Waals surface area contributed by atoms with Crippen molar-refractivity contribution in [2.75, 3.05) is 6.54 Å². The summed E-state index contributed by atoms with van der Waals surface area (Å²) in [6.07, 6.45) is 1.25. The van der Waals surface area contributed by atoms with Gasteiger partial charge in [0.05, 0.1) is 0 Å². The van der Waals surface area contributed by atoms with Crippen LogP contribution in [0.5, 0.6) is 0 Å². The maximum atomic E-state index is 13.2. The number of nitrogens with zero attached hydrogens (tertiary/aromatic N) is 3. The zero-order valence-corrected chi connectivity index (χ0v) is 15.9. The molecule has 3 rings (SSSR count). The lowest BCUT2D eigenvalue weighted by Gasteiger charge is -2.27. The molecule has 1 aromatic heterocycles. The van der Waals surface area contributed by atoms with E-state index in [-0.39, 0.29) is 18.0 Å². The summed E-state index contributed by atoms with van der Waals surface area (Å²) in [4.78, 5) is 14.0. The molecule has 0 radical (unpaired) electrons. The molecule has 1 fully saturated rings. The minimum Gasteiger partial charge on any atom is -0.444 e. The molecular formula is C18H22FN3O3S. The van der Waals surface area contributed by atoms with Crippen molar-refractivity contribution in [3.8, 4) is 0 Å². The number of halogens is 1. The topological polar surface area (TPSA) is 68.5 Å². The van der Waals surface area contributed by atoms with Crippen LogP contribution in [0.15, 0.2) is 33.9 Å².